The van der Waals surface area contributed by atoms with Crippen molar-refractivity contribution in [3.8, 4) is 11.3 Å². The average Bonchev–Trinajstić information content (AvgIpc) is 2.38. The molecule has 0 bridgehead atoms. The van der Waals surface area contributed by atoms with E-state index in [4.69, 9.17) is 23.8 Å². The van der Waals surface area contributed by atoms with Gasteiger partial charge in [-0.3, -0.25) is 0 Å². The number of pyridine rings is 1. The van der Waals surface area contributed by atoms with Crippen LogP contribution in [0.25, 0.3) is 11.3 Å². The summed E-state index contributed by atoms with van der Waals surface area (Å²) < 4.78 is 0.820. The maximum absolute atomic E-state index is 5.94. The molecular formula is C15H14ClNS. The van der Waals surface area contributed by atoms with Crippen molar-refractivity contribution < 1.29 is 0 Å². The molecule has 0 fully saturated rings. The van der Waals surface area contributed by atoms with E-state index in [9.17, 15) is 0 Å². The number of aromatic nitrogens is 1. The van der Waals surface area contributed by atoms with E-state index in [1.165, 1.54) is 35.2 Å². The second kappa shape index (κ2) is 4.87. The van der Waals surface area contributed by atoms with Crippen LogP contribution in [0.2, 0.25) is 5.02 Å². The Balaban J connectivity index is 2.19. The van der Waals surface area contributed by atoms with E-state index >= 15 is 0 Å². The van der Waals surface area contributed by atoms with Gasteiger partial charge in [-0.15, -0.1) is 0 Å². The molecule has 1 heterocycles. The van der Waals surface area contributed by atoms with Gasteiger partial charge >= 0.3 is 0 Å². The lowest BCUT2D eigenvalue weighted by molar-refractivity contribution is 0.683. The summed E-state index contributed by atoms with van der Waals surface area (Å²) in [6.07, 6.45) is 4.82. The van der Waals surface area contributed by atoms with E-state index < -0.39 is 0 Å². The summed E-state index contributed by atoms with van der Waals surface area (Å²) in [5, 5.41) is 0.766. The third kappa shape index (κ3) is 2.23. The largest absolute Gasteiger partial charge is 0.346 e. The molecular weight excluding hydrogens is 262 g/mol. The molecule has 0 saturated carbocycles. The quantitative estimate of drug-likeness (QED) is 0.729. The van der Waals surface area contributed by atoms with Crippen LogP contribution in [0.5, 0.6) is 0 Å². The fourth-order valence-electron chi connectivity index (χ4n) is 2.63. The number of fused-ring (bicyclic) bond motifs is 1. The molecule has 92 valence electrons. The lowest BCUT2D eigenvalue weighted by atomic mass is 9.89. The first-order valence-corrected chi connectivity index (χ1v) is 7.04. The van der Waals surface area contributed by atoms with Crippen molar-refractivity contribution in [1.29, 1.82) is 0 Å². The van der Waals surface area contributed by atoms with Crippen LogP contribution in [0.15, 0.2) is 30.3 Å². The molecule has 3 rings (SSSR count). The van der Waals surface area contributed by atoms with E-state index in [1.807, 2.05) is 12.1 Å². The summed E-state index contributed by atoms with van der Waals surface area (Å²) in [5.41, 5.74) is 5.19. The Hall–Kier alpha value is -1.12. The highest BCUT2D eigenvalue weighted by atomic mass is 35.5. The molecule has 0 saturated heterocycles. The first kappa shape index (κ1) is 11.9. The smallest absolute Gasteiger partial charge is 0.103 e. The Bertz CT molecular complexity index is 628. The van der Waals surface area contributed by atoms with Crippen molar-refractivity contribution >= 4 is 23.8 Å². The summed E-state index contributed by atoms with van der Waals surface area (Å²) in [7, 11) is 0. The zero-order chi connectivity index (χ0) is 12.5. The molecule has 1 aliphatic carbocycles. The van der Waals surface area contributed by atoms with Crippen molar-refractivity contribution in [3.63, 3.8) is 0 Å². The summed E-state index contributed by atoms with van der Waals surface area (Å²) in [5.74, 6) is 0. The van der Waals surface area contributed by atoms with Crippen LogP contribution in [0, 0.1) is 4.64 Å². The second-order valence-corrected chi connectivity index (χ2v) is 5.60. The molecule has 1 N–H and O–H groups in total. The maximum Gasteiger partial charge on any atom is 0.103 e. The van der Waals surface area contributed by atoms with Gasteiger partial charge in [-0.05, 0) is 60.6 Å². The number of rotatable bonds is 1. The van der Waals surface area contributed by atoms with Crippen molar-refractivity contribution in [2.75, 3.05) is 0 Å². The molecule has 1 aromatic carbocycles. The fraction of sp³-hybridized carbons (Fsp3) is 0.267. The summed E-state index contributed by atoms with van der Waals surface area (Å²) in [4.78, 5) is 3.34. The molecule has 0 amide bonds. The van der Waals surface area contributed by atoms with E-state index in [2.05, 4.69) is 23.2 Å². The Morgan fingerprint density at radius 3 is 2.56 bits per heavy atom. The summed E-state index contributed by atoms with van der Waals surface area (Å²) in [6, 6.07) is 10.1. The molecule has 0 atom stereocenters. The molecule has 0 radical (unpaired) electrons. The maximum atomic E-state index is 5.94. The average molecular weight is 276 g/mol. The van der Waals surface area contributed by atoms with E-state index in [0.29, 0.717) is 0 Å². The predicted molar refractivity (Wildman–Crippen MR) is 78.7 cm³/mol. The molecule has 18 heavy (non-hydrogen) atoms. The fourth-order valence-corrected chi connectivity index (χ4v) is 3.00. The normalized spacial score (nSPS) is 14.3. The minimum absolute atomic E-state index is 0.766. The van der Waals surface area contributed by atoms with Gasteiger partial charge in [-0.2, -0.15) is 0 Å². The van der Waals surface area contributed by atoms with Crippen molar-refractivity contribution in [1.82, 2.24) is 4.98 Å². The lowest BCUT2D eigenvalue weighted by Crippen LogP contribution is -2.06. The number of hydrogen-bond donors (Lipinski definition) is 1. The first-order chi connectivity index (χ1) is 8.74. The number of nitrogens with one attached hydrogen (secondary N) is 1. The van der Waals surface area contributed by atoms with Crippen LogP contribution >= 0.6 is 23.8 Å². The number of hydrogen-bond acceptors (Lipinski definition) is 1. The first-order valence-electron chi connectivity index (χ1n) is 6.25. The predicted octanol–water partition coefficient (Wildman–Crippen LogP) is 4.94. The number of aromatic amines is 1. The van der Waals surface area contributed by atoms with Crippen LogP contribution in [0.1, 0.15) is 24.0 Å². The third-order valence-electron chi connectivity index (χ3n) is 3.50. The highest BCUT2D eigenvalue weighted by Gasteiger charge is 2.14. The minimum atomic E-state index is 0.766. The number of aryl methyl sites for hydroxylation is 1. The van der Waals surface area contributed by atoms with Gasteiger partial charge in [0, 0.05) is 10.7 Å². The van der Waals surface area contributed by atoms with Crippen molar-refractivity contribution in [2.24, 2.45) is 0 Å². The van der Waals surface area contributed by atoms with Crippen LogP contribution in [-0.2, 0) is 12.8 Å². The van der Waals surface area contributed by atoms with Crippen molar-refractivity contribution in [2.45, 2.75) is 25.7 Å². The molecule has 0 spiro atoms. The van der Waals surface area contributed by atoms with Gasteiger partial charge in [-0.25, -0.2) is 0 Å². The topological polar surface area (TPSA) is 15.8 Å². The molecule has 1 aliphatic rings. The van der Waals surface area contributed by atoms with Gasteiger partial charge in [0.05, 0.1) is 0 Å². The monoisotopic (exact) mass is 275 g/mol. The SMILES string of the molecule is S=c1cc2c(c(-c3ccc(Cl)cc3)[nH]1)CCCC2. The Morgan fingerprint density at radius 2 is 1.78 bits per heavy atom. The van der Waals surface area contributed by atoms with Crippen LogP contribution in [0.4, 0.5) is 0 Å². The number of H-pyrrole nitrogens is 1. The number of benzene rings is 1. The molecule has 1 aromatic heterocycles. The van der Waals surface area contributed by atoms with Gasteiger partial charge in [-0.1, -0.05) is 36.0 Å². The van der Waals surface area contributed by atoms with Gasteiger partial charge in [0.15, 0.2) is 0 Å². The Morgan fingerprint density at radius 1 is 1.06 bits per heavy atom. The van der Waals surface area contributed by atoms with Crippen LogP contribution in [0.3, 0.4) is 0 Å². The van der Waals surface area contributed by atoms with Gasteiger partial charge < -0.3 is 4.98 Å². The Labute approximate surface area is 117 Å². The van der Waals surface area contributed by atoms with Crippen LogP contribution < -0.4 is 0 Å². The van der Waals surface area contributed by atoms with E-state index in [-0.39, 0.29) is 0 Å². The van der Waals surface area contributed by atoms with E-state index in [1.54, 1.807) is 0 Å². The Kier molecular flexibility index (Phi) is 3.23. The molecule has 1 nitrogen and oxygen atoms in total. The standard InChI is InChI=1S/C15H14ClNS/c16-12-7-5-10(6-8-12)15-13-4-2-1-3-11(13)9-14(18)17-15/h5-9H,1-4H2,(H,17,18). The molecule has 0 aliphatic heterocycles. The van der Waals surface area contributed by atoms with Crippen molar-refractivity contribution in [3.05, 3.63) is 51.1 Å². The summed E-state index contributed by atoms with van der Waals surface area (Å²) >= 11 is 11.3. The second-order valence-electron chi connectivity index (χ2n) is 4.73. The molecule has 2 aromatic rings. The van der Waals surface area contributed by atoms with Gasteiger partial charge in [0.1, 0.15) is 4.64 Å². The van der Waals surface area contributed by atoms with Gasteiger partial charge in [0.2, 0.25) is 0 Å². The lowest BCUT2D eigenvalue weighted by Gasteiger charge is -2.19. The molecule has 3 heteroatoms. The van der Waals surface area contributed by atoms with E-state index in [0.717, 1.165) is 22.5 Å². The minimum Gasteiger partial charge on any atom is -0.346 e. The number of halogens is 1. The highest BCUT2D eigenvalue weighted by molar-refractivity contribution is 7.71. The zero-order valence-corrected chi connectivity index (χ0v) is 11.6. The highest BCUT2D eigenvalue weighted by Crippen LogP contribution is 2.30. The van der Waals surface area contributed by atoms with Gasteiger partial charge in [0.25, 0.3) is 0 Å². The third-order valence-corrected chi connectivity index (χ3v) is 3.97. The van der Waals surface area contributed by atoms with Crippen LogP contribution in [-0.4, -0.2) is 4.98 Å². The summed E-state index contributed by atoms with van der Waals surface area (Å²) in [6.45, 7) is 0. The molecule has 0 unspecified atom stereocenters. The zero-order valence-electron chi connectivity index (χ0n) is 10.0.